The molecular weight excluding hydrogens is 588 g/mol. The van der Waals surface area contributed by atoms with E-state index in [1.54, 1.807) is 61.5 Å². The molecular formula is C31H31BrN4O5. The summed E-state index contributed by atoms with van der Waals surface area (Å²) in [5, 5.41) is 9.86. The minimum absolute atomic E-state index is 0.151. The quantitative estimate of drug-likeness (QED) is 0.252. The highest BCUT2D eigenvalue weighted by Crippen LogP contribution is 2.26. The molecule has 1 aliphatic heterocycles. The Bertz CT molecular complexity index is 1520. The van der Waals surface area contributed by atoms with Crippen LogP contribution in [0.4, 0.5) is 5.82 Å². The van der Waals surface area contributed by atoms with Crippen molar-refractivity contribution >= 4 is 27.7 Å². The molecule has 1 saturated heterocycles. The number of ether oxygens (including phenoxy) is 2. The fourth-order valence-electron chi connectivity index (χ4n) is 4.73. The summed E-state index contributed by atoms with van der Waals surface area (Å²) in [7, 11) is 0. The number of carboxylic acid groups (broad SMARTS) is 1. The molecule has 0 bridgehead atoms. The summed E-state index contributed by atoms with van der Waals surface area (Å²) < 4.78 is 12.8. The van der Waals surface area contributed by atoms with E-state index >= 15 is 0 Å². The van der Waals surface area contributed by atoms with Crippen LogP contribution < -0.4 is 20.1 Å². The zero-order valence-electron chi connectivity index (χ0n) is 22.6. The van der Waals surface area contributed by atoms with E-state index < -0.39 is 17.3 Å². The van der Waals surface area contributed by atoms with Gasteiger partial charge >= 0.3 is 11.7 Å². The maximum Gasteiger partial charge on any atom is 0.349 e. The fourth-order valence-corrected chi connectivity index (χ4v) is 4.99. The number of aromatic nitrogens is 2. The number of rotatable bonds is 10. The van der Waals surface area contributed by atoms with Crippen molar-refractivity contribution in [3.63, 3.8) is 0 Å². The van der Waals surface area contributed by atoms with Gasteiger partial charge in [0.05, 0.1) is 0 Å². The summed E-state index contributed by atoms with van der Waals surface area (Å²) in [5.74, 6) is 0.764. The van der Waals surface area contributed by atoms with Crippen LogP contribution in [0.15, 0.2) is 94.2 Å². The molecule has 1 fully saturated rings. The van der Waals surface area contributed by atoms with Crippen LogP contribution in [0.2, 0.25) is 0 Å². The minimum Gasteiger partial charge on any atom is -0.478 e. The van der Waals surface area contributed by atoms with Gasteiger partial charge in [-0.3, -0.25) is 9.88 Å². The lowest BCUT2D eigenvalue weighted by Gasteiger charge is -2.35. The highest BCUT2D eigenvalue weighted by molar-refractivity contribution is 9.10. The Kier molecular flexibility index (Phi) is 8.70. The fraction of sp³-hybridized carbons (Fsp3) is 0.258. The molecule has 0 amide bonds. The number of nitrogens with one attached hydrogen (secondary N) is 1. The number of benzene rings is 3. The molecule has 10 heteroatoms. The molecule has 2 heterocycles. The van der Waals surface area contributed by atoms with Gasteiger partial charge in [-0.1, -0.05) is 58.4 Å². The molecule has 9 nitrogen and oxygen atoms in total. The number of carboxylic acids is 1. The van der Waals surface area contributed by atoms with Gasteiger partial charge in [-0.05, 0) is 54.4 Å². The third-order valence-electron chi connectivity index (χ3n) is 6.97. The number of nitrogens with zero attached hydrogens (tertiary/aromatic N) is 3. The molecule has 41 heavy (non-hydrogen) atoms. The van der Waals surface area contributed by atoms with Crippen LogP contribution >= 0.6 is 15.9 Å². The highest BCUT2D eigenvalue weighted by Gasteiger charge is 2.36. The largest absolute Gasteiger partial charge is 0.478 e. The minimum atomic E-state index is -1.45. The van der Waals surface area contributed by atoms with Crippen LogP contribution in [0.25, 0.3) is 0 Å². The Morgan fingerprint density at radius 2 is 1.61 bits per heavy atom. The molecule has 3 aromatic carbocycles. The molecule has 1 atom stereocenters. The van der Waals surface area contributed by atoms with E-state index in [1.807, 2.05) is 6.07 Å². The maximum absolute atomic E-state index is 12.3. The molecule has 1 aromatic heterocycles. The predicted octanol–water partition coefficient (Wildman–Crippen LogP) is 5.11. The number of anilines is 1. The summed E-state index contributed by atoms with van der Waals surface area (Å²) >= 11 is 3.48. The molecule has 0 spiro atoms. The van der Waals surface area contributed by atoms with Crippen molar-refractivity contribution in [3.8, 4) is 17.4 Å². The van der Waals surface area contributed by atoms with Crippen molar-refractivity contribution < 1.29 is 19.4 Å². The maximum atomic E-state index is 12.3. The van der Waals surface area contributed by atoms with Crippen LogP contribution in [-0.4, -0.2) is 57.7 Å². The van der Waals surface area contributed by atoms with Crippen LogP contribution in [0.5, 0.6) is 17.4 Å². The first-order valence-corrected chi connectivity index (χ1v) is 14.1. The average molecular weight is 620 g/mol. The van der Waals surface area contributed by atoms with Crippen molar-refractivity contribution in [2.24, 2.45) is 0 Å². The van der Waals surface area contributed by atoms with Crippen LogP contribution in [-0.2, 0) is 17.8 Å². The summed E-state index contributed by atoms with van der Waals surface area (Å²) in [6, 6.07) is 26.0. The summed E-state index contributed by atoms with van der Waals surface area (Å²) in [6.07, 6.45) is 0.151. The third-order valence-corrected chi connectivity index (χ3v) is 7.49. The van der Waals surface area contributed by atoms with E-state index in [-0.39, 0.29) is 12.3 Å². The zero-order valence-corrected chi connectivity index (χ0v) is 24.2. The number of piperazine rings is 1. The van der Waals surface area contributed by atoms with Gasteiger partial charge < -0.3 is 19.5 Å². The highest BCUT2D eigenvalue weighted by atomic mass is 79.9. The molecule has 0 radical (unpaired) electrons. The van der Waals surface area contributed by atoms with Gasteiger partial charge in [-0.2, -0.15) is 4.98 Å². The lowest BCUT2D eigenvalue weighted by atomic mass is 9.96. The normalized spacial score (nSPS) is 15.2. The van der Waals surface area contributed by atoms with E-state index in [0.717, 1.165) is 42.8 Å². The van der Waals surface area contributed by atoms with Gasteiger partial charge in [0.2, 0.25) is 11.5 Å². The number of H-pyrrole nitrogens is 1. The Labute approximate surface area is 246 Å². The Hall–Kier alpha value is -4.15. The monoisotopic (exact) mass is 618 g/mol. The lowest BCUT2D eigenvalue weighted by Crippen LogP contribution is -2.46. The summed E-state index contributed by atoms with van der Waals surface area (Å²) in [4.78, 5) is 35.7. The second-order valence-electron chi connectivity index (χ2n) is 10.2. The predicted molar refractivity (Wildman–Crippen MR) is 160 cm³/mol. The molecule has 5 rings (SSSR count). The second kappa shape index (κ2) is 12.6. The van der Waals surface area contributed by atoms with Gasteiger partial charge in [0.1, 0.15) is 17.3 Å². The Morgan fingerprint density at radius 3 is 2.27 bits per heavy atom. The molecule has 4 aromatic rings. The molecule has 212 valence electrons. The second-order valence-corrected chi connectivity index (χ2v) is 11.1. The van der Waals surface area contributed by atoms with E-state index in [1.165, 1.54) is 5.56 Å². The average Bonchev–Trinajstić information content (AvgIpc) is 2.96. The Morgan fingerprint density at radius 1 is 0.951 bits per heavy atom. The first-order chi connectivity index (χ1) is 19.8. The number of carbonyl (C=O) groups is 1. The molecule has 0 saturated carbocycles. The number of halogens is 1. The van der Waals surface area contributed by atoms with Crippen LogP contribution in [0.1, 0.15) is 18.1 Å². The van der Waals surface area contributed by atoms with Gasteiger partial charge in [-0.15, -0.1) is 0 Å². The molecule has 1 unspecified atom stereocenters. The zero-order chi connectivity index (χ0) is 28.8. The number of aliphatic carboxylic acids is 1. The standard InChI is InChI=1S/C31H31BrN4O5/c1-31(29(37)38,41-26-5-3-2-4-6-26)20-22-9-13-25(14-10-22)40-28-19-27(33-30(39)34-28)36-17-15-35(16-18-36)21-23-7-11-24(32)12-8-23/h2-14,19H,15-18,20-21H2,1H3,(H,37,38)(H,33,34,39). The Balaban J connectivity index is 1.20. The summed E-state index contributed by atoms with van der Waals surface area (Å²) in [6.45, 7) is 5.68. The topological polar surface area (TPSA) is 108 Å². The van der Waals surface area contributed by atoms with E-state index in [0.29, 0.717) is 17.3 Å². The van der Waals surface area contributed by atoms with Crippen molar-refractivity contribution in [2.45, 2.75) is 25.5 Å². The van der Waals surface area contributed by atoms with Crippen molar-refractivity contribution in [1.29, 1.82) is 0 Å². The van der Waals surface area contributed by atoms with Crippen LogP contribution in [0.3, 0.4) is 0 Å². The van der Waals surface area contributed by atoms with Gasteiger partial charge in [-0.25, -0.2) is 9.59 Å². The van der Waals surface area contributed by atoms with Crippen LogP contribution in [0, 0.1) is 0 Å². The van der Waals surface area contributed by atoms with Gasteiger partial charge in [0.15, 0.2) is 0 Å². The van der Waals surface area contributed by atoms with E-state index in [2.05, 4.69) is 60.0 Å². The first kappa shape index (κ1) is 28.4. The molecule has 0 aliphatic carbocycles. The number of hydrogen-bond donors (Lipinski definition) is 2. The SMILES string of the molecule is CC(Cc1ccc(Oc2cc(N3CCN(Cc4ccc(Br)cc4)CC3)[nH]c(=O)n2)cc1)(Oc1ccccc1)C(=O)O. The van der Waals surface area contributed by atoms with Crippen molar-refractivity contribution in [1.82, 2.24) is 14.9 Å². The summed E-state index contributed by atoms with van der Waals surface area (Å²) in [5.41, 5.74) is 0.0901. The molecule has 1 aliphatic rings. The van der Waals surface area contributed by atoms with Gasteiger partial charge in [0, 0.05) is 49.7 Å². The first-order valence-electron chi connectivity index (χ1n) is 13.3. The van der Waals surface area contributed by atoms with E-state index in [4.69, 9.17) is 9.47 Å². The smallest absolute Gasteiger partial charge is 0.349 e. The van der Waals surface area contributed by atoms with Crippen molar-refractivity contribution in [2.75, 3.05) is 31.1 Å². The number of para-hydroxylation sites is 1. The number of hydrogen-bond acceptors (Lipinski definition) is 7. The van der Waals surface area contributed by atoms with Gasteiger partial charge in [0.25, 0.3) is 0 Å². The lowest BCUT2D eigenvalue weighted by molar-refractivity contribution is -0.153. The molecule has 2 N–H and O–H groups in total. The van der Waals surface area contributed by atoms with Crippen molar-refractivity contribution in [3.05, 3.63) is 111 Å². The van der Waals surface area contributed by atoms with E-state index in [9.17, 15) is 14.7 Å². The third kappa shape index (κ3) is 7.53. The number of aromatic amines is 1.